The second-order valence-corrected chi connectivity index (χ2v) is 8.39. The van der Waals surface area contributed by atoms with E-state index in [1.807, 2.05) is 0 Å². The van der Waals surface area contributed by atoms with Crippen molar-refractivity contribution < 1.29 is 8.42 Å². The smallest absolute Gasteiger partial charge is 0.140 e. The Balaban J connectivity index is 3.08. The summed E-state index contributed by atoms with van der Waals surface area (Å²) < 4.78 is 21.2. The minimum Gasteiger partial charge on any atom is -0.232 e. The summed E-state index contributed by atoms with van der Waals surface area (Å²) in [6, 6.07) is 0. The molecule has 0 aromatic rings. The predicted octanol–water partition coefficient (Wildman–Crippen LogP) is 6.50. The Labute approximate surface area is 147 Å². The van der Waals surface area contributed by atoms with Gasteiger partial charge in [-0.1, -0.05) is 110 Å². The summed E-state index contributed by atoms with van der Waals surface area (Å²) in [4.78, 5) is 0. The van der Waals surface area contributed by atoms with Crippen LogP contribution in [0.15, 0.2) is 0 Å². The van der Waals surface area contributed by atoms with Crippen LogP contribution >= 0.6 is 0 Å². The van der Waals surface area contributed by atoms with Crippen molar-refractivity contribution >= 4 is 10.7 Å². The van der Waals surface area contributed by atoms with Gasteiger partial charge in [-0.05, 0) is 12.3 Å². The molecule has 1 unspecified atom stereocenters. The van der Waals surface area contributed by atoms with Crippen LogP contribution in [0.2, 0.25) is 0 Å². The molecule has 0 aliphatic heterocycles. The Bertz CT molecular complexity index is 292. The molecule has 0 N–H and O–H groups in total. The number of thiol groups is 1. The maximum atomic E-state index is 10.6. The van der Waals surface area contributed by atoms with Gasteiger partial charge in [-0.25, -0.2) is 8.42 Å². The van der Waals surface area contributed by atoms with Crippen LogP contribution < -0.4 is 0 Å². The molecule has 0 rings (SSSR count). The van der Waals surface area contributed by atoms with Crippen LogP contribution in [0.3, 0.4) is 0 Å². The average Bonchev–Trinajstić information content (AvgIpc) is 2.50. The van der Waals surface area contributed by atoms with Crippen LogP contribution in [0.5, 0.6) is 0 Å². The van der Waals surface area contributed by atoms with Crippen LogP contribution in [-0.4, -0.2) is 14.2 Å². The second kappa shape index (κ2) is 18.3. The van der Waals surface area contributed by atoms with E-state index < -0.39 is 10.7 Å². The molecule has 0 aliphatic carbocycles. The van der Waals surface area contributed by atoms with Gasteiger partial charge in [0.15, 0.2) is 0 Å². The molecule has 0 fully saturated rings. The van der Waals surface area contributed by atoms with E-state index in [2.05, 4.69) is 13.8 Å². The minimum absolute atomic E-state index is 0.345. The molecule has 0 aliphatic rings. The average molecular weight is 347 g/mol. The standard InChI is InChI=1S/C20H42O2S/c1-3-4-5-6-7-8-9-10-11-12-13-14-15-16-17-18-20(2)19-23(21)22/h20,23H,3-19H2,1-2H3. The van der Waals surface area contributed by atoms with Crippen molar-refractivity contribution in [1.29, 1.82) is 0 Å². The Morgan fingerprint density at radius 1 is 0.609 bits per heavy atom. The summed E-state index contributed by atoms with van der Waals surface area (Å²) >= 11 is 0. The van der Waals surface area contributed by atoms with Gasteiger partial charge < -0.3 is 0 Å². The molecule has 0 saturated carbocycles. The highest BCUT2D eigenvalue weighted by Gasteiger charge is 2.02. The van der Waals surface area contributed by atoms with Gasteiger partial charge in [-0.3, -0.25) is 0 Å². The highest BCUT2D eigenvalue weighted by Crippen LogP contribution is 2.15. The molecule has 0 heterocycles. The van der Waals surface area contributed by atoms with Crippen LogP contribution in [-0.2, 0) is 10.7 Å². The summed E-state index contributed by atoms with van der Waals surface area (Å²) in [5.41, 5.74) is 0. The number of hydrogen-bond donors (Lipinski definition) is 1. The van der Waals surface area contributed by atoms with E-state index >= 15 is 0 Å². The first-order valence-electron chi connectivity index (χ1n) is 10.3. The Morgan fingerprint density at radius 3 is 1.30 bits per heavy atom. The topological polar surface area (TPSA) is 34.1 Å². The number of hydrogen-bond acceptors (Lipinski definition) is 2. The zero-order valence-corrected chi connectivity index (χ0v) is 16.8. The van der Waals surface area contributed by atoms with Crippen LogP contribution in [0.25, 0.3) is 0 Å². The maximum Gasteiger partial charge on any atom is 0.140 e. The first-order chi connectivity index (χ1) is 11.2. The van der Waals surface area contributed by atoms with Gasteiger partial charge in [0.05, 0.1) is 5.75 Å². The van der Waals surface area contributed by atoms with Gasteiger partial charge in [0.2, 0.25) is 0 Å². The third-order valence-corrected chi connectivity index (χ3v) is 5.68. The van der Waals surface area contributed by atoms with E-state index in [4.69, 9.17) is 0 Å². The lowest BCUT2D eigenvalue weighted by molar-refractivity contribution is 0.500. The maximum absolute atomic E-state index is 10.6. The van der Waals surface area contributed by atoms with Gasteiger partial charge in [0.1, 0.15) is 10.7 Å². The van der Waals surface area contributed by atoms with Crippen molar-refractivity contribution in [2.45, 2.75) is 117 Å². The van der Waals surface area contributed by atoms with Gasteiger partial charge in [-0.2, -0.15) is 0 Å². The van der Waals surface area contributed by atoms with E-state index in [1.54, 1.807) is 0 Å². The number of unbranched alkanes of at least 4 members (excludes halogenated alkanes) is 14. The van der Waals surface area contributed by atoms with Gasteiger partial charge >= 0.3 is 0 Å². The van der Waals surface area contributed by atoms with Crippen LogP contribution in [0.1, 0.15) is 117 Å². The molecule has 3 heteroatoms. The highest BCUT2D eigenvalue weighted by atomic mass is 32.2. The fourth-order valence-corrected chi connectivity index (χ4v) is 3.90. The SMILES string of the molecule is CCCCCCCCCCCCCCCCCC(C)C[SH](=O)=O. The summed E-state index contributed by atoms with van der Waals surface area (Å²) in [5, 5.41) is 0. The molecule has 0 amide bonds. The van der Waals surface area contributed by atoms with E-state index in [-0.39, 0.29) is 0 Å². The molecule has 0 saturated heterocycles. The van der Waals surface area contributed by atoms with Gasteiger partial charge in [-0.15, -0.1) is 0 Å². The molecule has 23 heavy (non-hydrogen) atoms. The molecule has 0 radical (unpaired) electrons. The minimum atomic E-state index is -2.18. The summed E-state index contributed by atoms with van der Waals surface area (Å²) in [5.74, 6) is 0.714. The molecule has 1 atom stereocenters. The Morgan fingerprint density at radius 2 is 0.957 bits per heavy atom. The van der Waals surface area contributed by atoms with Crippen LogP contribution in [0, 0.1) is 5.92 Å². The summed E-state index contributed by atoms with van der Waals surface area (Å²) in [6.45, 7) is 4.33. The predicted molar refractivity (Wildman–Crippen MR) is 104 cm³/mol. The third kappa shape index (κ3) is 19.9. The van der Waals surface area contributed by atoms with Crippen molar-refractivity contribution in [3.05, 3.63) is 0 Å². The molecule has 0 aromatic carbocycles. The van der Waals surface area contributed by atoms with E-state index in [1.165, 1.54) is 96.3 Å². The van der Waals surface area contributed by atoms with E-state index in [0.717, 1.165) is 6.42 Å². The molecule has 2 nitrogen and oxygen atoms in total. The first-order valence-corrected chi connectivity index (χ1v) is 11.6. The lowest BCUT2D eigenvalue weighted by Gasteiger charge is -2.07. The fourth-order valence-electron chi connectivity index (χ4n) is 3.21. The highest BCUT2D eigenvalue weighted by molar-refractivity contribution is 7.72. The largest absolute Gasteiger partial charge is 0.232 e. The lowest BCUT2D eigenvalue weighted by atomic mass is 10.0. The Kier molecular flexibility index (Phi) is 18.3. The van der Waals surface area contributed by atoms with E-state index in [9.17, 15) is 8.42 Å². The molecule has 0 aromatic heterocycles. The fraction of sp³-hybridized carbons (Fsp3) is 1.00. The second-order valence-electron chi connectivity index (χ2n) is 7.36. The Hall–Kier alpha value is -0.0500. The van der Waals surface area contributed by atoms with Gasteiger partial charge in [0, 0.05) is 0 Å². The molecular formula is C20H42O2S. The quantitative estimate of drug-likeness (QED) is 0.227. The van der Waals surface area contributed by atoms with E-state index in [0.29, 0.717) is 11.7 Å². The zero-order chi connectivity index (χ0) is 17.2. The van der Waals surface area contributed by atoms with Crippen molar-refractivity contribution in [2.24, 2.45) is 5.92 Å². The van der Waals surface area contributed by atoms with Crippen molar-refractivity contribution in [1.82, 2.24) is 0 Å². The van der Waals surface area contributed by atoms with Crippen molar-refractivity contribution in [2.75, 3.05) is 5.75 Å². The molecular weight excluding hydrogens is 304 g/mol. The summed E-state index contributed by atoms with van der Waals surface area (Å²) in [7, 11) is -2.18. The molecule has 0 spiro atoms. The summed E-state index contributed by atoms with van der Waals surface area (Å²) in [6.07, 6.45) is 21.8. The third-order valence-electron chi connectivity index (χ3n) is 4.76. The molecule has 140 valence electrons. The van der Waals surface area contributed by atoms with Crippen LogP contribution in [0.4, 0.5) is 0 Å². The normalized spacial score (nSPS) is 12.8. The number of rotatable bonds is 18. The molecule has 0 bridgehead atoms. The monoisotopic (exact) mass is 346 g/mol. The van der Waals surface area contributed by atoms with Gasteiger partial charge in [0.25, 0.3) is 0 Å². The first kappa shape index (κ1) is 22.9. The zero-order valence-electron chi connectivity index (χ0n) is 15.9. The van der Waals surface area contributed by atoms with Crippen molar-refractivity contribution in [3.63, 3.8) is 0 Å². The lowest BCUT2D eigenvalue weighted by Crippen LogP contribution is -2.02. The van der Waals surface area contributed by atoms with Crippen molar-refractivity contribution in [3.8, 4) is 0 Å².